The van der Waals surface area contributed by atoms with Crippen LogP contribution in [0.4, 0.5) is 0 Å². The highest BCUT2D eigenvalue weighted by molar-refractivity contribution is 5.25. The van der Waals surface area contributed by atoms with E-state index < -0.39 is 0 Å². The summed E-state index contributed by atoms with van der Waals surface area (Å²) in [6, 6.07) is 8.87. The van der Waals surface area contributed by atoms with Gasteiger partial charge < -0.3 is 10.1 Å². The van der Waals surface area contributed by atoms with Gasteiger partial charge in [-0.25, -0.2) is 0 Å². The molecule has 0 bridgehead atoms. The molecule has 1 aromatic carbocycles. The number of aryl methyl sites for hydroxylation is 1. The molecule has 0 aliphatic heterocycles. The summed E-state index contributed by atoms with van der Waals surface area (Å²) in [4.78, 5) is 0. The van der Waals surface area contributed by atoms with Crippen LogP contribution in [0.2, 0.25) is 0 Å². The van der Waals surface area contributed by atoms with Crippen LogP contribution in [0.3, 0.4) is 0 Å². The Hall–Kier alpha value is -0.860. The Kier molecular flexibility index (Phi) is 4.72. The lowest BCUT2D eigenvalue weighted by Crippen LogP contribution is -2.40. The predicted octanol–water partition coefficient (Wildman–Crippen LogP) is 3.32. The van der Waals surface area contributed by atoms with Crippen LogP contribution in [-0.4, -0.2) is 20.3 Å². The molecule has 0 saturated carbocycles. The van der Waals surface area contributed by atoms with E-state index >= 15 is 0 Å². The molecule has 0 fully saturated rings. The van der Waals surface area contributed by atoms with Crippen LogP contribution in [0.15, 0.2) is 24.3 Å². The fraction of sp³-hybridized carbons (Fsp3) is 0.600. The zero-order valence-corrected chi connectivity index (χ0v) is 11.9. The number of ether oxygens (including phenoxy) is 1. The second-order valence-electron chi connectivity index (χ2n) is 5.70. The lowest BCUT2D eigenvalue weighted by molar-refractivity contribution is -0.0101. The van der Waals surface area contributed by atoms with E-state index in [0.717, 1.165) is 0 Å². The SMILES string of the molecule is CNC(c1ccc(C)cc1)C(OC)C(C)(C)C. The molecule has 0 aromatic heterocycles. The Morgan fingerprint density at radius 3 is 2.00 bits per heavy atom. The molecule has 1 rings (SSSR count). The van der Waals surface area contributed by atoms with Crippen LogP contribution in [0.5, 0.6) is 0 Å². The molecule has 1 aromatic rings. The third-order valence-electron chi connectivity index (χ3n) is 3.16. The van der Waals surface area contributed by atoms with Crippen LogP contribution in [0.1, 0.15) is 37.9 Å². The maximum atomic E-state index is 5.69. The first kappa shape index (κ1) is 14.2. The Labute approximate surface area is 105 Å². The van der Waals surface area contributed by atoms with Crippen molar-refractivity contribution in [1.82, 2.24) is 5.32 Å². The Morgan fingerprint density at radius 2 is 1.65 bits per heavy atom. The van der Waals surface area contributed by atoms with Gasteiger partial charge in [0.05, 0.1) is 12.1 Å². The first-order chi connectivity index (χ1) is 7.90. The molecule has 1 N–H and O–H groups in total. The third kappa shape index (κ3) is 3.55. The summed E-state index contributed by atoms with van der Waals surface area (Å²) in [5.41, 5.74) is 2.67. The number of methoxy groups -OCH3 is 1. The van der Waals surface area contributed by atoms with Gasteiger partial charge in [0.1, 0.15) is 0 Å². The minimum absolute atomic E-state index is 0.104. The molecule has 0 saturated heterocycles. The van der Waals surface area contributed by atoms with E-state index in [1.54, 1.807) is 7.11 Å². The first-order valence-corrected chi connectivity index (χ1v) is 6.16. The monoisotopic (exact) mass is 235 g/mol. The summed E-state index contributed by atoms with van der Waals surface area (Å²) in [6.45, 7) is 8.73. The maximum absolute atomic E-state index is 5.69. The van der Waals surface area contributed by atoms with E-state index in [0.29, 0.717) is 0 Å². The van der Waals surface area contributed by atoms with Gasteiger partial charge in [0.2, 0.25) is 0 Å². The van der Waals surface area contributed by atoms with Gasteiger partial charge in [-0.05, 0) is 24.9 Å². The highest BCUT2D eigenvalue weighted by Crippen LogP contribution is 2.32. The summed E-state index contributed by atoms with van der Waals surface area (Å²) < 4.78 is 5.69. The molecule has 2 unspecified atom stereocenters. The van der Waals surface area contributed by atoms with Crippen LogP contribution in [0.25, 0.3) is 0 Å². The molecular formula is C15H25NO. The summed E-state index contributed by atoms with van der Waals surface area (Å²) in [6.07, 6.45) is 0.148. The van der Waals surface area contributed by atoms with Crippen molar-refractivity contribution in [3.05, 3.63) is 35.4 Å². The molecule has 0 aliphatic carbocycles. The van der Waals surface area contributed by atoms with Gasteiger partial charge in [0.15, 0.2) is 0 Å². The normalized spacial score (nSPS) is 15.6. The average molecular weight is 235 g/mol. The fourth-order valence-corrected chi connectivity index (χ4v) is 2.26. The molecular weight excluding hydrogens is 210 g/mol. The molecule has 96 valence electrons. The Morgan fingerprint density at radius 1 is 1.12 bits per heavy atom. The van der Waals surface area contributed by atoms with Crippen molar-refractivity contribution >= 4 is 0 Å². The van der Waals surface area contributed by atoms with E-state index in [1.165, 1.54) is 11.1 Å². The number of hydrogen-bond donors (Lipinski definition) is 1. The molecule has 0 aliphatic rings. The van der Waals surface area contributed by atoms with Crippen molar-refractivity contribution < 1.29 is 4.74 Å². The number of rotatable bonds is 4. The van der Waals surface area contributed by atoms with E-state index in [2.05, 4.69) is 57.3 Å². The number of likely N-dealkylation sites (N-methyl/N-ethyl adjacent to an activating group) is 1. The van der Waals surface area contributed by atoms with Gasteiger partial charge >= 0.3 is 0 Å². The minimum Gasteiger partial charge on any atom is -0.379 e. The van der Waals surface area contributed by atoms with Crippen molar-refractivity contribution in [3.63, 3.8) is 0 Å². The lowest BCUT2D eigenvalue weighted by atomic mass is 9.82. The molecule has 0 spiro atoms. The molecule has 2 nitrogen and oxygen atoms in total. The standard InChI is InChI=1S/C15H25NO/c1-11-7-9-12(10-8-11)13(16-5)14(17-6)15(2,3)4/h7-10,13-14,16H,1-6H3. The molecule has 2 heteroatoms. The zero-order valence-electron chi connectivity index (χ0n) is 11.9. The number of nitrogens with one attached hydrogen (secondary N) is 1. The van der Waals surface area contributed by atoms with E-state index in [9.17, 15) is 0 Å². The van der Waals surface area contributed by atoms with Crippen molar-refractivity contribution in [2.45, 2.75) is 39.8 Å². The van der Waals surface area contributed by atoms with Crippen LogP contribution < -0.4 is 5.32 Å². The summed E-state index contributed by atoms with van der Waals surface area (Å²) >= 11 is 0. The topological polar surface area (TPSA) is 21.3 Å². The molecule has 0 heterocycles. The fourth-order valence-electron chi connectivity index (χ4n) is 2.26. The van der Waals surface area contributed by atoms with Crippen LogP contribution in [-0.2, 0) is 4.74 Å². The molecule has 2 atom stereocenters. The predicted molar refractivity (Wildman–Crippen MR) is 73.2 cm³/mol. The highest BCUT2D eigenvalue weighted by Gasteiger charge is 2.32. The van der Waals surface area contributed by atoms with E-state index in [1.807, 2.05) is 7.05 Å². The van der Waals surface area contributed by atoms with Gasteiger partial charge in [-0.3, -0.25) is 0 Å². The second kappa shape index (κ2) is 5.65. The van der Waals surface area contributed by atoms with Crippen LogP contribution in [0, 0.1) is 12.3 Å². The average Bonchev–Trinajstić information content (AvgIpc) is 2.25. The first-order valence-electron chi connectivity index (χ1n) is 6.16. The molecule has 0 amide bonds. The number of benzene rings is 1. The van der Waals surface area contributed by atoms with Gasteiger partial charge in [0, 0.05) is 7.11 Å². The second-order valence-corrected chi connectivity index (χ2v) is 5.70. The third-order valence-corrected chi connectivity index (χ3v) is 3.16. The number of hydrogen-bond acceptors (Lipinski definition) is 2. The van der Waals surface area contributed by atoms with E-state index in [4.69, 9.17) is 4.74 Å². The van der Waals surface area contributed by atoms with Crippen molar-refractivity contribution in [2.75, 3.05) is 14.2 Å². The van der Waals surface area contributed by atoms with Gasteiger partial charge in [-0.2, -0.15) is 0 Å². The van der Waals surface area contributed by atoms with Gasteiger partial charge in [-0.1, -0.05) is 50.6 Å². The molecule has 0 radical (unpaired) electrons. The lowest BCUT2D eigenvalue weighted by Gasteiger charge is -2.36. The summed E-state index contributed by atoms with van der Waals surface area (Å²) in [5.74, 6) is 0. The smallest absolute Gasteiger partial charge is 0.0813 e. The molecule has 17 heavy (non-hydrogen) atoms. The summed E-state index contributed by atoms with van der Waals surface area (Å²) in [7, 11) is 3.77. The van der Waals surface area contributed by atoms with Crippen molar-refractivity contribution in [3.8, 4) is 0 Å². The van der Waals surface area contributed by atoms with Crippen LogP contribution >= 0.6 is 0 Å². The minimum atomic E-state index is 0.104. The van der Waals surface area contributed by atoms with Crippen molar-refractivity contribution in [1.29, 1.82) is 0 Å². The Bertz CT molecular complexity index is 337. The highest BCUT2D eigenvalue weighted by atomic mass is 16.5. The van der Waals surface area contributed by atoms with E-state index in [-0.39, 0.29) is 17.6 Å². The van der Waals surface area contributed by atoms with Gasteiger partial charge in [-0.15, -0.1) is 0 Å². The van der Waals surface area contributed by atoms with Gasteiger partial charge in [0.25, 0.3) is 0 Å². The zero-order chi connectivity index (χ0) is 13.1. The maximum Gasteiger partial charge on any atom is 0.0813 e. The largest absolute Gasteiger partial charge is 0.379 e. The van der Waals surface area contributed by atoms with Crippen molar-refractivity contribution in [2.24, 2.45) is 5.41 Å². The summed E-state index contributed by atoms with van der Waals surface area (Å²) in [5, 5.41) is 3.37. The quantitative estimate of drug-likeness (QED) is 0.864. The Balaban J connectivity index is 3.01.